The average Bonchev–Trinajstić information content (AvgIpc) is 2.95. The summed E-state index contributed by atoms with van der Waals surface area (Å²) in [5.41, 5.74) is 1.04. The van der Waals surface area contributed by atoms with E-state index in [1.165, 1.54) is 6.20 Å². The standard InChI is InChI=1S/C15H21F3N4O2/c1-8(2)13-11(6-19-21-13)14(24)20-10-4-5-12(15(16,17)18)22(7-10)9(3)23/h6,8,10,12H,4-5,7H2,1-3H3,(H,19,21)(H,20,24). The van der Waals surface area contributed by atoms with Gasteiger partial charge in [0, 0.05) is 19.5 Å². The molecule has 9 heteroatoms. The van der Waals surface area contributed by atoms with Crippen LogP contribution in [0.5, 0.6) is 0 Å². The second-order valence-electron chi connectivity index (χ2n) is 6.33. The Hall–Kier alpha value is -2.06. The van der Waals surface area contributed by atoms with E-state index in [0.29, 0.717) is 11.3 Å². The zero-order valence-corrected chi connectivity index (χ0v) is 13.8. The number of likely N-dealkylation sites (tertiary alicyclic amines) is 1. The van der Waals surface area contributed by atoms with Crippen molar-refractivity contribution in [2.45, 2.75) is 57.8 Å². The molecule has 1 fully saturated rings. The number of piperidine rings is 1. The van der Waals surface area contributed by atoms with Crippen molar-refractivity contribution in [3.8, 4) is 0 Å². The highest BCUT2D eigenvalue weighted by Crippen LogP contribution is 2.32. The molecular formula is C15H21F3N4O2. The highest BCUT2D eigenvalue weighted by atomic mass is 19.4. The van der Waals surface area contributed by atoms with Gasteiger partial charge in [-0.05, 0) is 18.8 Å². The monoisotopic (exact) mass is 346 g/mol. The third-order valence-electron chi connectivity index (χ3n) is 4.19. The molecule has 2 unspecified atom stereocenters. The van der Waals surface area contributed by atoms with Gasteiger partial charge in [0.2, 0.25) is 5.91 Å². The first-order valence-electron chi connectivity index (χ1n) is 7.79. The average molecular weight is 346 g/mol. The van der Waals surface area contributed by atoms with E-state index in [4.69, 9.17) is 0 Å². The van der Waals surface area contributed by atoms with Gasteiger partial charge in [0.1, 0.15) is 6.04 Å². The van der Waals surface area contributed by atoms with Gasteiger partial charge in [0.15, 0.2) is 0 Å². The van der Waals surface area contributed by atoms with Gasteiger partial charge in [-0.2, -0.15) is 18.3 Å². The lowest BCUT2D eigenvalue weighted by Crippen LogP contribution is -2.57. The van der Waals surface area contributed by atoms with E-state index >= 15 is 0 Å². The molecule has 0 aliphatic carbocycles. The summed E-state index contributed by atoms with van der Waals surface area (Å²) in [4.78, 5) is 24.7. The smallest absolute Gasteiger partial charge is 0.347 e. The van der Waals surface area contributed by atoms with Crippen LogP contribution in [0.25, 0.3) is 0 Å². The molecule has 0 spiro atoms. The van der Waals surface area contributed by atoms with Crippen molar-refractivity contribution in [3.63, 3.8) is 0 Å². The van der Waals surface area contributed by atoms with Gasteiger partial charge in [0.05, 0.1) is 17.5 Å². The normalized spacial score (nSPS) is 21.9. The summed E-state index contributed by atoms with van der Waals surface area (Å²) in [5, 5.41) is 9.31. The third-order valence-corrected chi connectivity index (χ3v) is 4.19. The highest BCUT2D eigenvalue weighted by Gasteiger charge is 2.47. The van der Waals surface area contributed by atoms with Crippen LogP contribution in [0.2, 0.25) is 0 Å². The Bertz CT molecular complexity index is 612. The van der Waals surface area contributed by atoms with Crippen LogP contribution < -0.4 is 5.32 Å². The van der Waals surface area contributed by atoms with Gasteiger partial charge in [0.25, 0.3) is 5.91 Å². The Morgan fingerprint density at radius 3 is 2.58 bits per heavy atom. The number of carbonyl (C=O) groups is 2. The molecule has 6 nitrogen and oxygen atoms in total. The zero-order valence-electron chi connectivity index (χ0n) is 13.8. The molecule has 2 heterocycles. The van der Waals surface area contributed by atoms with Crippen molar-refractivity contribution in [2.24, 2.45) is 0 Å². The Kier molecular flexibility index (Phi) is 5.19. The Labute approximate surface area is 137 Å². The second-order valence-corrected chi connectivity index (χ2v) is 6.33. The quantitative estimate of drug-likeness (QED) is 0.881. The minimum atomic E-state index is -4.46. The number of nitrogens with zero attached hydrogens (tertiary/aromatic N) is 2. The number of aromatic nitrogens is 2. The van der Waals surface area contributed by atoms with E-state index in [2.05, 4.69) is 15.5 Å². The van der Waals surface area contributed by atoms with Gasteiger partial charge in [-0.1, -0.05) is 13.8 Å². The van der Waals surface area contributed by atoms with Crippen molar-refractivity contribution >= 4 is 11.8 Å². The van der Waals surface area contributed by atoms with E-state index in [-0.39, 0.29) is 25.3 Å². The molecule has 1 aromatic heterocycles. The lowest BCUT2D eigenvalue weighted by molar-refractivity contribution is -0.196. The van der Waals surface area contributed by atoms with Gasteiger partial charge < -0.3 is 10.2 Å². The van der Waals surface area contributed by atoms with E-state index < -0.39 is 30.1 Å². The van der Waals surface area contributed by atoms with Crippen LogP contribution in [-0.4, -0.2) is 51.7 Å². The maximum Gasteiger partial charge on any atom is 0.408 e. The van der Waals surface area contributed by atoms with Crippen LogP contribution in [0.1, 0.15) is 55.6 Å². The topological polar surface area (TPSA) is 78.1 Å². The molecule has 0 saturated carbocycles. The van der Waals surface area contributed by atoms with Crippen LogP contribution in [0.15, 0.2) is 6.20 Å². The summed E-state index contributed by atoms with van der Waals surface area (Å²) < 4.78 is 39.0. The maximum atomic E-state index is 13.0. The predicted molar refractivity (Wildman–Crippen MR) is 80.4 cm³/mol. The number of hydrogen-bond donors (Lipinski definition) is 2. The maximum absolute atomic E-state index is 13.0. The minimum Gasteiger partial charge on any atom is -0.347 e. The fraction of sp³-hybridized carbons (Fsp3) is 0.667. The SMILES string of the molecule is CC(=O)N1CC(NC(=O)c2cn[nH]c2C(C)C)CCC1C(F)(F)F. The van der Waals surface area contributed by atoms with E-state index in [1.807, 2.05) is 13.8 Å². The van der Waals surface area contributed by atoms with Gasteiger partial charge in [-0.15, -0.1) is 0 Å². The minimum absolute atomic E-state index is 0.0583. The molecule has 134 valence electrons. The summed E-state index contributed by atoms with van der Waals surface area (Å²) in [7, 11) is 0. The molecule has 1 aliphatic heterocycles. The number of carbonyl (C=O) groups excluding carboxylic acids is 2. The Balaban J connectivity index is 2.08. The highest BCUT2D eigenvalue weighted by molar-refractivity contribution is 5.95. The molecule has 0 aromatic carbocycles. The van der Waals surface area contributed by atoms with Crippen LogP contribution in [0.3, 0.4) is 0 Å². The largest absolute Gasteiger partial charge is 0.408 e. The second kappa shape index (κ2) is 6.82. The van der Waals surface area contributed by atoms with Gasteiger partial charge in [-0.25, -0.2) is 0 Å². The molecule has 2 atom stereocenters. The van der Waals surface area contributed by atoms with E-state index in [9.17, 15) is 22.8 Å². The summed E-state index contributed by atoms with van der Waals surface area (Å²) in [6.07, 6.45) is -3.13. The lowest BCUT2D eigenvalue weighted by Gasteiger charge is -2.40. The Morgan fingerprint density at radius 1 is 1.38 bits per heavy atom. The van der Waals surface area contributed by atoms with Gasteiger partial charge >= 0.3 is 6.18 Å². The van der Waals surface area contributed by atoms with Gasteiger partial charge in [-0.3, -0.25) is 14.7 Å². The third kappa shape index (κ3) is 3.88. The van der Waals surface area contributed by atoms with Crippen molar-refractivity contribution in [1.82, 2.24) is 20.4 Å². The number of nitrogens with one attached hydrogen (secondary N) is 2. The molecule has 2 N–H and O–H groups in total. The predicted octanol–water partition coefficient (Wildman–Crippen LogP) is 2.20. The molecule has 1 saturated heterocycles. The Morgan fingerprint density at radius 2 is 2.04 bits per heavy atom. The summed E-state index contributed by atoms with van der Waals surface area (Å²) >= 11 is 0. The molecule has 1 aromatic rings. The summed E-state index contributed by atoms with van der Waals surface area (Å²) in [5.74, 6) is -0.989. The van der Waals surface area contributed by atoms with E-state index in [0.717, 1.165) is 11.8 Å². The van der Waals surface area contributed by atoms with E-state index in [1.54, 1.807) is 0 Å². The molecule has 24 heavy (non-hydrogen) atoms. The number of rotatable bonds is 3. The number of aromatic amines is 1. The van der Waals surface area contributed by atoms with Crippen molar-refractivity contribution in [3.05, 3.63) is 17.5 Å². The first-order chi connectivity index (χ1) is 11.1. The molecule has 0 bridgehead atoms. The fourth-order valence-electron chi connectivity index (χ4n) is 2.96. The number of H-pyrrole nitrogens is 1. The molecular weight excluding hydrogens is 325 g/mol. The first-order valence-corrected chi connectivity index (χ1v) is 7.79. The van der Waals surface area contributed by atoms with Crippen LogP contribution in [0, 0.1) is 0 Å². The molecule has 1 aliphatic rings. The number of amides is 2. The van der Waals surface area contributed by atoms with Crippen LogP contribution in [0.4, 0.5) is 13.2 Å². The molecule has 2 rings (SSSR count). The van der Waals surface area contributed by atoms with Crippen LogP contribution in [-0.2, 0) is 4.79 Å². The van der Waals surface area contributed by atoms with Crippen molar-refractivity contribution in [1.29, 1.82) is 0 Å². The van der Waals surface area contributed by atoms with Crippen molar-refractivity contribution in [2.75, 3.05) is 6.54 Å². The van der Waals surface area contributed by atoms with Crippen LogP contribution >= 0.6 is 0 Å². The fourth-order valence-corrected chi connectivity index (χ4v) is 2.96. The number of alkyl halides is 3. The number of hydrogen-bond acceptors (Lipinski definition) is 3. The summed E-state index contributed by atoms with van der Waals surface area (Å²) in [6.45, 7) is 4.75. The first kappa shape index (κ1) is 18.3. The number of halogens is 3. The zero-order chi connectivity index (χ0) is 18.1. The van der Waals surface area contributed by atoms with Crippen molar-refractivity contribution < 1.29 is 22.8 Å². The lowest BCUT2D eigenvalue weighted by atomic mass is 9.97. The molecule has 2 amide bonds. The molecule has 0 radical (unpaired) electrons. The summed E-state index contributed by atoms with van der Waals surface area (Å²) in [6, 6.07) is -2.31.